The lowest BCUT2D eigenvalue weighted by molar-refractivity contribution is -0.142. The number of halogens is 1. The first-order valence-corrected chi connectivity index (χ1v) is 9.88. The second-order valence-electron chi connectivity index (χ2n) is 7.04. The second-order valence-corrected chi connectivity index (χ2v) is 7.04. The van der Waals surface area contributed by atoms with E-state index in [0.717, 1.165) is 25.7 Å². The molecule has 0 saturated carbocycles. The van der Waals surface area contributed by atoms with Gasteiger partial charge in [-0.15, -0.1) is 0 Å². The van der Waals surface area contributed by atoms with E-state index >= 15 is 0 Å². The van der Waals surface area contributed by atoms with Crippen LogP contribution in [0.15, 0.2) is 24.3 Å². The van der Waals surface area contributed by atoms with Crippen LogP contribution in [-0.4, -0.2) is 35.0 Å². The van der Waals surface area contributed by atoms with Crippen molar-refractivity contribution in [2.75, 3.05) is 0 Å². The van der Waals surface area contributed by atoms with Crippen LogP contribution in [-0.2, 0) is 20.8 Å². The molecule has 0 aliphatic carbocycles. The number of aliphatic carboxylic acids is 1. The third-order valence-electron chi connectivity index (χ3n) is 4.51. The molecule has 0 heterocycles. The van der Waals surface area contributed by atoms with Crippen molar-refractivity contribution in [3.8, 4) is 0 Å². The van der Waals surface area contributed by atoms with E-state index < -0.39 is 35.7 Å². The first kappa shape index (κ1) is 23.6. The van der Waals surface area contributed by atoms with Crippen molar-refractivity contribution in [1.82, 2.24) is 10.6 Å². The van der Waals surface area contributed by atoms with E-state index in [1.807, 2.05) is 0 Å². The van der Waals surface area contributed by atoms with Crippen molar-refractivity contribution in [2.45, 2.75) is 77.3 Å². The van der Waals surface area contributed by atoms with Gasteiger partial charge in [0.1, 0.15) is 17.9 Å². The van der Waals surface area contributed by atoms with Gasteiger partial charge in [0.05, 0.1) is 0 Å². The molecular weight excluding hydrogens is 363 g/mol. The average Bonchev–Trinajstić information content (AvgIpc) is 2.64. The van der Waals surface area contributed by atoms with E-state index in [1.165, 1.54) is 37.6 Å². The van der Waals surface area contributed by atoms with Crippen LogP contribution in [0.25, 0.3) is 0 Å². The standard InChI is InChI=1S/C21H31FN2O4/c1-3-4-5-6-7-8-9-18(21(27)28)24-20(26)19(23-15(2)25)14-16-10-12-17(22)13-11-16/h10-13,18-19H,3-9,14H2,1-2H3,(H,23,25)(H,24,26)(H,27,28)/t18-,19+/m0/s1. The van der Waals surface area contributed by atoms with Gasteiger partial charge >= 0.3 is 5.97 Å². The highest BCUT2D eigenvalue weighted by Crippen LogP contribution is 2.10. The predicted octanol–water partition coefficient (Wildman–Crippen LogP) is 3.19. The molecule has 3 N–H and O–H groups in total. The van der Waals surface area contributed by atoms with E-state index in [1.54, 1.807) is 0 Å². The number of amides is 2. The topological polar surface area (TPSA) is 95.5 Å². The Balaban J connectivity index is 2.64. The van der Waals surface area contributed by atoms with Gasteiger partial charge in [0, 0.05) is 13.3 Å². The SMILES string of the molecule is CCCCCCCC[C@H](NC(=O)[C@@H](Cc1ccc(F)cc1)NC(C)=O)C(=O)O. The van der Waals surface area contributed by atoms with Gasteiger partial charge in [-0.3, -0.25) is 9.59 Å². The highest BCUT2D eigenvalue weighted by molar-refractivity contribution is 5.90. The summed E-state index contributed by atoms with van der Waals surface area (Å²) in [6.07, 6.45) is 6.61. The predicted molar refractivity (Wildman–Crippen MR) is 105 cm³/mol. The minimum Gasteiger partial charge on any atom is -0.480 e. The Labute approximate surface area is 165 Å². The van der Waals surface area contributed by atoms with Crippen LogP contribution >= 0.6 is 0 Å². The number of carboxylic acid groups (broad SMARTS) is 1. The second kappa shape index (κ2) is 12.9. The largest absolute Gasteiger partial charge is 0.480 e. The molecule has 0 bridgehead atoms. The van der Waals surface area contributed by atoms with Crippen molar-refractivity contribution in [1.29, 1.82) is 0 Å². The van der Waals surface area contributed by atoms with E-state index in [9.17, 15) is 23.9 Å². The van der Waals surface area contributed by atoms with Crippen molar-refractivity contribution in [3.05, 3.63) is 35.6 Å². The number of nitrogens with one attached hydrogen (secondary N) is 2. The number of rotatable bonds is 13. The van der Waals surface area contributed by atoms with Gasteiger partial charge in [0.2, 0.25) is 11.8 Å². The number of carbonyl (C=O) groups excluding carboxylic acids is 2. The molecule has 0 aliphatic rings. The summed E-state index contributed by atoms with van der Waals surface area (Å²) in [5.74, 6) is -2.44. The molecule has 0 fully saturated rings. The lowest BCUT2D eigenvalue weighted by Crippen LogP contribution is -2.52. The Hall–Kier alpha value is -2.44. The number of carboxylic acids is 1. The molecule has 1 aromatic carbocycles. The van der Waals surface area contributed by atoms with Gasteiger partial charge in [-0.2, -0.15) is 0 Å². The summed E-state index contributed by atoms with van der Waals surface area (Å²) in [6, 6.07) is 3.69. The molecule has 156 valence electrons. The molecule has 1 rings (SSSR count). The zero-order chi connectivity index (χ0) is 20.9. The Morgan fingerprint density at radius 1 is 0.964 bits per heavy atom. The molecule has 0 unspecified atom stereocenters. The molecule has 0 saturated heterocycles. The quantitative estimate of drug-likeness (QED) is 0.448. The molecular formula is C21H31FN2O4. The lowest BCUT2D eigenvalue weighted by Gasteiger charge is -2.21. The maximum absolute atomic E-state index is 13.1. The third-order valence-corrected chi connectivity index (χ3v) is 4.51. The number of hydrogen-bond donors (Lipinski definition) is 3. The van der Waals surface area contributed by atoms with Crippen molar-refractivity contribution in [3.63, 3.8) is 0 Å². The molecule has 0 radical (unpaired) electrons. The summed E-state index contributed by atoms with van der Waals surface area (Å²) in [7, 11) is 0. The van der Waals surface area contributed by atoms with Crippen LogP contribution in [0.5, 0.6) is 0 Å². The first-order chi connectivity index (χ1) is 13.3. The number of benzene rings is 1. The van der Waals surface area contributed by atoms with Crippen LogP contribution in [0.3, 0.4) is 0 Å². The van der Waals surface area contributed by atoms with Crippen LogP contribution < -0.4 is 10.6 Å². The lowest BCUT2D eigenvalue weighted by atomic mass is 10.0. The molecule has 6 nitrogen and oxygen atoms in total. The van der Waals surface area contributed by atoms with Gasteiger partial charge in [0.15, 0.2) is 0 Å². The van der Waals surface area contributed by atoms with E-state index in [4.69, 9.17) is 0 Å². The molecule has 2 amide bonds. The van der Waals surface area contributed by atoms with Crippen LogP contribution in [0.1, 0.15) is 64.4 Å². The minimum atomic E-state index is -1.09. The highest BCUT2D eigenvalue weighted by Gasteiger charge is 2.25. The van der Waals surface area contributed by atoms with Crippen molar-refractivity contribution in [2.24, 2.45) is 0 Å². The average molecular weight is 394 g/mol. The number of carbonyl (C=O) groups is 3. The fourth-order valence-electron chi connectivity index (χ4n) is 2.97. The van der Waals surface area contributed by atoms with Crippen molar-refractivity contribution < 1.29 is 23.9 Å². The summed E-state index contributed by atoms with van der Waals surface area (Å²) in [5, 5.41) is 14.5. The third kappa shape index (κ3) is 9.48. The Kier molecular flexibility index (Phi) is 10.8. The van der Waals surface area contributed by atoms with Gasteiger partial charge in [-0.25, -0.2) is 9.18 Å². The van der Waals surface area contributed by atoms with E-state index in [-0.39, 0.29) is 6.42 Å². The summed E-state index contributed by atoms with van der Waals surface area (Å²) in [5.41, 5.74) is 0.665. The summed E-state index contributed by atoms with van der Waals surface area (Å²) >= 11 is 0. The van der Waals surface area contributed by atoms with Gasteiger partial charge in [-0.05, 0) is 24.1 Å². The minimum absolute atomic E-state index is 0.148. The first-order valence-electron chi connectivity index (χ1n) is 9.88. The molecule has 28 heavy (non-hydrogen) atoms. The molecule has 2 atom stereocenters. The maximum Gasteiger partial charge on any atom is 0.326 e. The summed E-state index contributed by atoms with van der Waals surface area (Å²) < 4.78 is 13.1. The maximum atomic E-state index is 13.1. The summed E-state index contributed by atoms with van der Waals surface area (Å²) in [6.45, 7) is 3.42. The zero-order valence-corrected chi connectivity index (χ0v) is 16.7. The van der Waals surface area contributed by atoms with Gasteiger partial charge in [-0.1, -0.05) is 57.6 Å². The molecule has 1 aromatic rings. The fourth-order valence-corrected chi connectivity index (χ4v) is 2.97. The smallest absolute Gasteiger partial charge is 0.326 e. The Morgan fingerprint density at radius 3 is 2.14 bits per heavy atom. The van der Waals surface area contributed by atoms with Gasteiger partial charge < -0.3 is 15.7 Å². The highest BCUT2D eigenvalue weighted by atomic mass is 19.1. The van der Waals surface area contributed by atoms with E-state index in [2.05, 4.69) is 17.6 Å². The Bertz CT molecular complexity index is 634. The number of hydrogen-bond acceptors (Lipinski definition) is 3. The Morgan fingerprint density at radius 2 is 1.57 bits per heavy atom. The molecule has 0 aliphatic heterocycles. The molecule has 0 spiro atoms. The molecule has 0 aromatic heterocycles. The van der Waals surface area contributed by atoms with Crippen molar-refractivity contribution >= 4 is 17.8 Å². The number of unbranched alkanes of at least 4 members (excludes halogenated alkanes) is 5. The normalized spacial score (nSPS) is 12.8. The van der Waals surface area contributed by atoms with Gasteiger partial charge in [0.25, 0.3) is 0 Å². The van der Waals surface area contributed by atoms with Crippen LogP contribution in [0, 0.1) is 5.82 Å². The fraction of sp³-hybridized carbons (Fsp3) is 0.571. The monoisotopic (exact) mass is 394 g/mol. The zero-order valence-electron chi connectivity index (χ0n) is 16.7. The molecule has 7 heteroatoms. The van der Waals surface area contributed by atoms with E-state index in [0.29, 0.717) is 18.4 Å². The van der Waals surface area contributed by atoms with Crippen LogP contribution in [0.4, 0.5) is 4.39 Å². The summed E-state index contributed by atoms with van der Waals surface area (Å²) in [4.78, 5) is 35.5. The van der Waals surface area contributed by atoms with Crippen LogP contribution in [0.2, 0.25) is 0 Å².